The van der Waals surface area contributed by atoms with Gasteiger partial charge in [-0.15, -0.1) is 0 Å². The molecular weight excluding hydrogens is 228 g/mol. The van der Waals surface area contributed by atoms with Gasteiger partial charge in [0.25, 0.3) is 5.91 Å². The van der Waals surface area contributed by atoms with E-state index in [0.29, 0.717) is 23.2 Å². The van der Waals surface area contributed by atoms with Gasteiger partial charge in [-0.3, -0.25) is 9.89 Å². The third kappa shape index (κ3) is 2.49. The molecule has 100 valence electrons. The van der Waals surface area contributed by atoms with E-state index in [1.54, 1.807) is 0 Å². The molecule has 2 atom stereocenters. The maximum absolute atomic E-state index is 12.1. The highest BCUT2D eigenvalue weighted by molar-refractivity contribution is 5.97. The number of nitrogens with zero attached hydrogens (tertiary/aromatic N) is 1. The summed E-state index contributed by atoms with van der Waals surface area (Å²) >= 11 is 0. The Balaban J connectivity index is 2.04. The Labute approximate surface area is 108 Å². The number of carbonyl (C=O) groups is 1. The van der Waals surface area contributed by atoms with Crippen LogP contribution in [0.2, 0.25) is 0 Å². The smallest absolute Gasteiger partial charge is 0.274 e. The molecule has 1 aromatic rings. The zero-order chi connectivity index (χ0) is 13.3. The number of carbonyl (C=O) groups excluding carboxylic acids is 1. The van der Waals surface area contributed by atoms with Crippen molar-refractivity contribution in [1.82, 2.24) is 15.5 Å². The maximum Gasteiger partial charge on any atom is 0.274 e. The second-order valence-electron chi connectivity index (χ2n) is 5.32. The number of anilines is 1. The van der Waals surface area contributed by atoms with Crippen LogP contribution in [0.25, 0.3) is 0 Å². The molecule has 0 bridgehead atoms. The first-order valence-electron chi connectivity index (χ1n) is 6.69. The minimum Gasteiger partial charge on any atom is -0.395 e. The van der Waals surface area contributed by atoms with Crippen molar-refractivity contribution >= 4 is 11.6 Å². The van der Waals surface area contributed by atoms with Gasteiger partial charge in [0.15, 0.2) is 5.69 Å². The molecule has 5 nitrogen and oxygen atoms in total. The lowest BCUT2D eigenvalue weighted by molar-refractivity contribution is 0.0924. The van der Waals surface area contributed by atoms with E-state index in [0.717, 1.165) is 25.0 Å². The Bertz CT molecular complexity index is 436. The Morgan fingerprint density at radius 2 is 2.22 bits per heavy atom. The molecule has 1 heterocycles. The molecule has 1 aliphatic rings. The number of aromatic amines is 1. The van der Waals surface area contributed by atoms with E-state index in [1.807, 2.05) is 6.92 Å². The second kappa shape index (κ2) is 5.00. The molecule has 1 aromatic heterocycles. The van der Waals surface area contributed by atoms with Crippen LogP contribution in [0, 0.1) is 5.92 Å². The molecule has 0 radical (unpaired) electrons. The monoisotopic (exact) mass is 250 g/mol. The SMILES string of the molecule is CCC(C)C(C)NC(=O)c1n[nH]c(C2CC2)c1N. The van der Waals surface area contributed by atoms with Gasteiger partial charge in [0.1, 0.15) is 0 Å². The average Bonchev–Trinajstić information content (AvgIpc) is 3.11. The van der Waals surface area contributed by atoms with Crippen LogP contribution in [0.4, 0.5) is 5.69 Å². The standard InChI is InChI=1S/C13H22N4O/c1-4-7(2)8(3)15-13(18)12-10(14)11(16-17-12)9-5-6-9/h7-9H,4-6,14H2,1-3H3,(H,15,18)(H,16,17). The molecular formula is C13H22N4O. The van der Waals surface area contributed by atoms with Gasteiger partial charge in [-0.25, -0.2) is 0 Å². The van der Waals surface area contributed by atoms with Gasteiger partial charge in [0, 0.05) is 12.0 Å². The highest BCUT2D eigenvalue weighted by Crippen LogP contribution is 2.42. The van der Waals surface area contributed by atoms with Crippen LogP contribution >= 0.6 is 0 Å². The number of hydrogen-bond acceptors (Lipinski definition) is 3. The fourth-order valence-electron chi connectivity index (χ4n) is 1.99. The minimum absolute atomic E-state index is 0.128. The summed E-state index contributed by atoms with van der Waals surface area (Å²) in [5.74, 6) is 0.742. The van der Waals surface area contributed by atoms with Gasteiger partial charge < -0.3 is 11.1 Å². The number of hydrogen-bond donors (Lipinski definition) is 3. The molecule has 1 amide bonds. The number of nitrogens with one attached hydrogen (secondary N) is 2. The summed E-state index contributed by atoms with van der Waals surface area (Å²) < 4.78 is 0. The van der Waals surface area contributed by atoms with Crippen molar-refractivity contribution in [3.8, 4) is 0 Å². The van der Waals surface area contributed by atoms with E-state index in [4.69, 9.17) is 5.73 Å². The number of amides is 1. The zero-order valence-corrected chi connectivity index (χ0v) is 11.3. The Morgan fingerprint density at radius 3 is 2.78 bits per heavy atom. The summed E-state index contributed by atoms with van der Waals surface area (Å²) in [6.45, 7) is 6.24. The van der Waals surface area contributed by atoms with Gasteiger partial charge in [-0.1, -0.05) is 20.3 Å². The van der Waals surface area contributed by atoms with Crippen molar-refractivity contribution in [2.24, 2.45) is 5.92 Å². The van der Waals surface area contributed by atoms with Crippen LogP contribution in [-0.2, 0) is 0 Å². The summed E-state index contributed by atoms with van der Waals surface area (Å²) in [6.07, 6.45) is 3.30. The van der Waals surface area contributed by atoms with E-state index in [1.165, 1.54) is 0 Å². The van der Waals surface area contributed by atoms with Crippen molar-refractivity contribution in [2.75, 3.05) is 5.73 Å². The number of nitrogen functional groups attached to an aromatic ring is 1. The zero-order valence-electron chi connectivity index (χ0n) is 11.3. The molecule has 4 N–H and O–H groups in total. The third-order valence-electron chi connectivity index (χ3n) is 3.89. The molecule has 1 fully saturated rings. The predicted octanol–water partition coefficient (Wildman–Crippen LogP) is 2.03. The lowest BCUT2D eigenvalue weighted by Gasteiger charge is -2.19. The van der Waals surface area contributed by atoms with E-state index < -0.39 is 0 Å². The first-order valence-corrected chi connectivity index (χ1v) is 6.69. The molecule has 0 aromatic carbocycles. The Kier molecular flexibility index (Phi) is 3.59. The minimum atomic E-state index is -0.177. The number of nitrogens with two attached hydrogens (primary N) is 1. The number of H-pyrrole nitrogens is 1. The topological polar surface area (TPSA) is 83.8 Å². The van der Waals surface area contributed by atoms with E-state index in [9.17, 15) is 4.79 Å². The fourth-order valence-corrected chi connectivity index (χ4v) is 1.99. The Hall–Kier alpha value is -1.52. The van der Waals surface area contributed by atoms with Crippen LogP contribution in [0.5, 0.6) is 0 Å². The van der Waals surface area contributed by atoms with Crippen LogP contribution in [-0.4, -0.2) is 22.1 Å². The molecule has 5 heteroatoms. The number of aromatic nitrogens is 2. The first kappa shape index (κ1) is 12.9. The van der Waals surface area contributed by atoms with E-state index >= 15 is 0 Å². The first-order chi connectivity index (χ1) is 8.54. The summed E-state index contributed by atoms with van der Waals surface area (Å²) in [5.41, 5.74) is 7.76. The summed E-state index contributed by atoms with van der Waals surface area (Å²) in [4.78, 5) is 12.1. The average molecular weight is 250 g/mol. The molecule has 2 unspecified atom stereocenters. The predicted molar refractivity (Wildman–Crippen MR) is 71.4 cm³/mol. The third-order valence-corrected chi connectivity index (χ3v) is 3.89. The molecule has 2 rings (SSSR count). The lowest BCUT2D eigenvalue weighted by Crippen LogP contribution is -2.37. The largest absolute Gasteiger partial charge is 0.395 e. The molecule has 1 saturated carbocycles. The van der Waals surface area contributed by atoms with Crippen LogP contribution in [0.1, 0.15) is 62.1 Å². The van der Waals surface area contributed by atoms with Gasteiger partial charge in [0.2, 0.25) is 0 Å². The molecule has 1 aliphatic carbocycles. The van der Waals surface area contributed by atoms with Crippen LogP contribution in [0.15, 0.2) is 0 Å². The van der Waals surface area contributed by atoms with Crippen molar-refractivity contribution in [2.45, 2.75) is 52.0 Å². The molecule has 0 spiro atoms. The van der Waals surface area contributed by atoms with Crippen LogP contribution < -0.4 is 11.1 Å². The normalized spacial score (nSPS) is 18.4. The van der Waals surface area contributed by atoms with Crippen molar-refractivity contribution < 1.29 is 4.79 Å². The second-order valence-corrected chi connectivity index (χ2v) is 5.32. The number of rotatable bonds is 5. The highest BCUT2D eigenvalue weighted by atomic mass is 16.2. The summed E-state index contributed by atoms with van der Waals surface area (Å²) in [7, 11) is 0. The van der Waals surface area contributed by atoms with Gasteiger partial charge in [0.05, 0.1) is 11.4 Å². The quantitative estimate of drug-likeness (QED) is 0.747. The summed E-state index contributed by atoms with van der Waals surface area (Å²) in [6, 6.07) is 0.128. The van der Waals surface area contributed by atoms with Crippen molar-refractivity contribution in [3.63, 3.8) is 0 Å². The van der Waals surface area contributed by atoms with Crippen LogP contribution in [0.3, 0.4) is 0 Å². The van der Waals surface area contributed by atoms with Gasteiger partial charge in [-0.05, 0) is 25.7 Å². The van der Waals surface area contributed by atoms with Crippen molar-refractivity contribution in [1.29, 1.82) is 0 Å². The molecule has 0 aliphatic heterocycles. The maximum atomic E-state index is 12.1. The fraction of sp³-hybridized carbons (Fsp3) is 0.692. The lowest BCUT2D eigenvalue weighted by atomic mass is 10.0. The van der Waals surface area contributed by atoms with E-state index in [-0.39, 0.29) is 11.9 Å². The van der Waals surface area contributed by atoms with Gasteiger partial charge >= 0.3 is 0 Å². The highest BCUT2D eigenvalue weighted by Gasteiger charge is 2.30. The van der Waals surface area contributed by atoms with Gasteiger partial charge in [-0.2, -0.15) is 5.10 Å². The molecule has 18 heavy (non-hydrogen) atoms. The Morgan fingerprint density at radius 1 is 1.56 bits per heavy atom. The van der Waals surface area contributed by atoms with E-state index in [2.05, 4.69) is 29.4 Å². The summed E-state index contributed by atoms with van der Waals surface area (Å²) in [5, 5.41) is 9.91. The van der Waals surface area contributed by atoms with Crippen molar-refractivity contribution in [3.05, 3.63) is 11.4 Å². The molecule has 0 saturated heterocycles.